The van der Waals surface area contributed by atoms with E-state index in [1.807, 2.05) is 24.9 Å². The zero-order valence-corrected chi connectivity index (χ0v) is 12.3. The van der Waals surface area contributed by atoms with Gasteiger partial charge in [0, 0.05) is 24.3 Å². The van der Waals surface area contributed by atoms with Crippen LogP contribution in [0.25, 0.3) is 0 Å². The van der Waals surface area contributed by atoms with Gasteiger partial charge in [0.1, 0.15) is 0 Å². The molecular formula is C13H22ClN3. The van der Waals surface area contributed by atoms with Gasteiger partial charge in [-0.15, -0.1) is 11.6 Å². The van der Waals surface area contributed by atoms with Gasteiger partial charge in [-0.25, -0.2) is 9.97 Å². The van der Waals surface area contributed by atoms with Gasteiger partial charge in [0.05, 0.1) is 5.54 Å². The molecule has 0 spiro atoms. The van der Waals surface area contributed by atoms with Gasteiger partial charge in [0.15, 0.2) is 0 Å². The number of halogens is 1. The average molecular weight is 256 g/mol. The summed E-state index contributed by atoms with van der Waals surface area (Å²) >= 11 is 5.98. The molecule has 0 N–H and O–H groups in total. The minimum absolute atomic E-state index is 0.149. The Bertz CT molecular complexity index is 388. The maximum atomic E-state index is 5.98. The minimum Gasteiger partial charge on any atom is -0.338 e. The molecule has 0 saturated heterocycles. The Kier molecular flexibility index (Phi) is 4.36. The van der Waals surface area contributed by atoms with Crippen LogP contribution in [0.2, 0.25) is 0 Å². The molecule has 96 valence electrons. The van der Waals surface area contributed by atoms with E-state index in [2.05, 4.69) is 37.7 Å². The molecular weight excluding hydrogens is 234 g/mol. The Labute approximate surface area is 109 Å². The van der Waals surface area contributed by atoms with E-state index in [1.54, 1.807) is 0 Å². The first kappa shape index (κ1) is 14.2. The molecule has 0 aliphatic carbocycles. The molecule has 0 radical (unpaired) electrons. The third-order valence-corrected chi connectivity index (χ3v) is 3.64. The van der Waals surface area contributed by atoms with Crippen molar-refractivity contribution in [3.8, 4) is 0 Å². The van der Waals surface area contributed by atoms with E-state index in [1.165, 1.54) is 0 Å². The molecule has 4 heteroatoms. The lowest BCUT2D eigenvalue weighted by Gasteiger charge is -2.34. The molecule has 0 fully saturated rings. The highest BCUT2D eigenvalue weighted by Crippen LogP contribution is 2.22. The van der Waals surface area contributed by atoms with Crippen LogP contribution in [-0.4, -0.2) is 28.4 Å². The van der Waals surface area contributed by atoms with E-state index in [9.17, 15) is 0 Å². The van der Waals surface area contributed by atoms with E-state index >= 15 is 0 Å². The van der Waals surface area contributed by atoms with Crippen molar-refractivity contribution < 1.29 is 0 Å². The predicted octanol–water partition coefficient (Wildman–Crippen LogP) is 3.36. The summed E-state index contributed by atoms with van der Waals surface area (Å²) in [6.45, 7) is 10.4. The molecule has 0 atom stereocenters. The standard InChI is InChI=1S/C13H22ClN3/c1-9(2)11-7-10(3)15-12(16-11)17(6)13(4,5)8-14/h7,9H,8H2,1-6H3. The Morgan fingerprint density at radius 1 is 1.35 bits per heavy atom. The predicted molar refractivity (Wildman–Crippen MR) is 74.1 cm³/mol. The lowest BCUT2D eigenvalue weighted by Crippen LogP contribution is -2.44. The van der Waals surface area contributed by atoms with E-state index in [0.29, 0.717) is 11.8 Å². The maximum Gasteiger partial charge on any atom is 0.226 e. The highest BCUT2D eigenvalue weighted by Gasteiger charge is 2.25. The number of alkyl halides is 1. The second kappa shape index (κ2) is 5.21. The van der Waals surface area contributed by atoms with Crippen LogP contribution in [0.5, 0.6) is 0 Å². The number of nitrogens with zero attached hydrogens (tertiary/aromatic N) is 3. The van der Waals surface area contributed by atoms with Gasteiger partial charge in [0.25, 0.3) is 0 Å². The third kappa shape index (κ3) is 3.32. The summed E-state index contributed by atoms with van der Waals surface area (Å²) < 4.78 is 0. The monoisotopic (exact) mass is 255 g/mol. The van der Waals surface area contributed by atoms with E-state index < -0.39 is 0 Å². The van der Waals surface area contributed by atoms with Crippen molar-refractivity contribution in [2.75, 3.05) is 17.8 Å². The summed E-state index contributed by atoms with van der Waals surface area (Å²) in [5.41, 5.74) is 1.92. The quantitative estimate of drug-likeness (QED) is 0.773. The van der Waals surface area contributed by atoms with Gasteiger partial charge in [0.2, 0.25) is 5.95 Å². The van der Waals surface area contributed by atoms with E-state index in [4.69, 9.17) is 11.6 Å². The lowest BCUT2D eigenvalue weighted by molar-refractivity contribution is 0.532. The molecule has 1 rings (SSSR count). The van der Waals surface area contributed by atoms with Crippen molar-refractivity contribution >= 4 is 17.5 Å². The molecule has 0 aliphatic heterocycles. The van der Waals surface area contributed by atoms with Gasteiger partial charge in [-0.05, 0) is 32.8 Å². The normalized spacial score (nSPS) is 12.0. The molecule has 1 aromatic heterocycles. The van der Waals surface area contributed by atoms with Crippen molar-refractivity contribution in [3.63, 3.8) is 0 Å². The second-order valence-electron chi connectivity index (χ2n) is 5.39. The lowest BCUT2D eigenvalue weighted by atomic mass is 10.1. The highest BCUT2D eigenvalue weighted by molar-refractivity contribution is 6.18. The number of aromatic nitrogens is 2. The SMILES string of the molecule is Cc1cc(C(C)C)nc(N(C)C(C)(C)CCl)n1. The third-order valence-electron chi connectivity index (χ3n) is 2.99. The fraction of sp³-hybridized carbons (Fsp3) is 0.692. The Hall–Kier alpha value is -0.830. The second-order valence-corrected chi connectivity index (χ2v) is 5.66. The Balaban J connectivity index is 3.14. The van der Waals surface area contributed by atoms with Gasteiger partial charge >= 0.3 is 0 Å². The van der Waals surface area contributed by atoms with Crippen molar-refractivity contribution in [2.45, 2.75) is 46.1 Å². The number of anilines is 1. The molecule has 1 aromatic rings. The smallest absolute Gasteiger partial charge is 0.226 e. The van der Waals surface area contributed by atoms with Crippen LogP contribution in [0.4, 0.5) is 5.95 Å². The first-order valence-corrected chi connectivity index (χ1v) is 6.46. The van der Waals surface area contributed by atoms with Crippen LogP contribution >= 0.6 is 11.6 Å². The first-order chi connectivity index (χ1) is 7.77. The Morgan fingerprint density at radius 3 is 2.41 bits per heavy atom. The first-order valence-electron chi connectivity index (χ1n) is 5.93. The molecule has 0 aromatic carbocycles. The number of hydrogen-bond donors (Lipinski definition) is 0. The number of rotatable bonds is 4. The zero-order chi connectivity index (χ0) is 13.2. The largest absolute Gasteiger partial charge is 0.338 e. The summed E-state index contributed by atoms with van der Waals surface area (Å²) in [6.07, 6.45) is 0. The van der Waals surface area contributed by atoms with Crippen LogP contribution in [0, 0.1) is 6.92 Å². The summed E-state index contributed by atoms with van der Waals surface area (Å²) in [5.74, 6) is 1.69. The van der Waals surface area contributed by atoms with Gasteiger partial charge in [-0.1, -0.05) is 13.8 Å². The van der Waals surface area contributed by atoms with Crippen LogP contribution in [0.15, 0.2) is 6.07 Å². The van der Waals surface area contributed by atoms with E-state index in [0.717, 1.165) is 17.3 Å². The summed E-state index contributed by atoms with van der Waals surface area (Å²) in [7, 11) is 1.99. The molecule has 0 bridgehead atoms. The van der Waals surface area contributed by atoms with E-state index in [-0.39, 0.29) is 5.54 Å². The molecule has 17 heavy (non-hydrogen) atoms. The summed E-state index contributed by atoms with van der Waals surface area (Å²) in [4.78, 5) is 11.1. The average Bonchev–Trinajstić information content (AvgIpc) is 2.27. The minimum atomic E-state index is -0.149. The summed E-state index contributed by atoms with van der Waals surface area (Å²) in [5, 5.41) is 0. The van der Waals surface area contributed by atoms with Crippen LogP contribution in [0.3, 0.4) is 0 Å². The molecule has 0 unspecified atom stereocenters. The van der Waals surface area contributed by atoms with Crippen LogP contribution < -0.4 is 4.90 Å². The molecule has 0 saturated carbocycles. The van der Waals surface area contributed by atoms with Crippen LogP contribution in [-0.2, 0) is 0 Å². The molecule has 1 heterocycles. The summed E-state index contributed by atoms with van der Waals surface area (Å²) in [6, 6.07) is 2.04. The zero-order valence-electron chi connectivity index (χ0n) is 11.6. The van der Waals surface area contributed by atoms with Gasteiger partial charge in [-0.2, -0.15) is 0 Å². The van der Waals surface area contributed by atoms with Crippen molar-refractivity contribution in [2.24, 2.45) is 0 Å². The maximum absolute atomic E-state index is 5.98. The Morgan fingerprint density at radius 2 is 1.94 bits per heavy atom. The number of aryl methyl sites for hydroxylation is 1. The molecule has 0 amide bonds. The van der Waals surface area contributed by atoms with Crippen molar-refractivity contribution in [1.82, 2.24) is 9.97 Å². The van der Waals surface area contributed by atoms with Gasteiger partial charge < -0.3 is 4.90 Å². The fourth-order valence-electron chi connectivity index (χ4n) is 1.38. The highest BCUT2D eigenvalue weighted by atomic mass is 35.5. The topological polar surface area (TPSA) is 29.0 Å². The van der Waals surface area contributed by atoms with Crippen LogP contribution in [0.1, 0.15) is 45.0 Å². The molecule has 0 aliphatic rings. The van der Waals surface area contributed by atoms with Crippen molar-refractivity contribution in [1.29, 1.82) is 0 Å². The fourth-order valence-corrected chi connectivity index (χ4v) is 1.56. The number of hydrogen-bond acceptors (Lipinski definition) is 3. The van der Waals surface area contributed by atoms with Crippen molar-refractivity contribution in [3.05, 3.63) is 17.5 Å². The molecule has 3 nitrogen and oxygen atoms in total. The van der Waals surface area contributed by atoms with Gasteiger partial charge in [-0.3, -0.25) is 0 Å².